The van der Waals surface area contributed by atoms with Crippen molar-refractivity contribution in [3.05, 3.63) is 98.6 Å². The third-order valence-corrected chi connectivity index (χ3v) is 4.84. The Kier molecular flexibility index (Phi) is 6.89. The molecule has 0 saturated heterocycles. The standard InChI is InChI=1S/C21H15ClFN3O2S/c22-18-6-2-1-5-17(18)20(27)25-19(12-16-4-3-11-29-16)21(28)26-24-13-14-7-9-15(23)10-8-14/h1-13H,(H,25,27)(H,26,28)/b19-12-,24-13?. The minimum Gasteiger partial charge on any atom is -0.317 e. The molecule has 146 valence electrons. The summed E-state index contributed by atoms with van der Waals surface area (Å²) >= 11 is 7.47. The first-order valence-electron chi connectivity index (χ1n) is 8.43. The summed E-state index contributed by atoms with van der Waals surface area (Å²) in [4.78, 5) is 25.9. The Labute approximate surface area is 175 Å². The maximum absolute atomic E-state index is 12.9. The van der Waals surface area contributed by atoms with Gasteiger partial charge in [0.25, 0.3) is 11.8 Å². The molecule has 8 heteroatoms. The largest absolute Gasteiger partial charge is 0.317 e. The Bertz CT molecular complexity index is 1060. The normalized spacial score (nSPS) is 11.4. The number of hydrogen-bond donors (Lipinski definition) is 2. The van der Waals surface area contributed by atoms with Crippen LogP contribution in [-0.4, -0.2) is 18.0 Å². The molecular weight excluding hydrogens is 413 g/mol. The molecule has 0 fully saturated rings. The fourth-order valence-electron chi connectivity index (χ4n) is 2.28. The first-order valence-corrected chi connectivity index (χ1v) is 9.69. The number of rotatable bonds is 6. The van der Waals surface area contributed by atoms with Gasteiger partial charge in [-0.25, -0.2) is 9.82 Å². The Morgan fingerprint density at radius 2 is 1.79 bits per heavy atom. The average molecular weight is 428 g/mol. The maximum atomic E-state index is 12.9. The smallest absolute Gasteiger partial charge is 0.287 e. The summed E-state index contributed by atoms with van der Waals surface area (Å²) in [6.07, 6.45) is 2.91. The van der Waals surface area contributed by atoms with Crippen molar-refractivity contribution < 1.29 is 14.0 Å². The van der Waals surface area contributed by atoms with E-state index in [-0.39, 0.29) is 22.1 Å². The first-order chi connectivity index (χ1) is 14.0. The number of nitrogens with one attached hydrogen (secondary N) is 2. The molecule has 3 aromatic rings. The van der Waals surface area contributed by atoms with Crippen LogP contribution in [0, 0.1) is 5.82 Å². The highest BCUT2D eigenvalue weighted by atomic mass is 35.5. The molecule has 0 spiro atoms. The third-order valence-electron chi connectivity index (χ3n) is 3.69. The molecule has 29 heavy (non-hydrogen) atoms. The van der Waals surface area contributed by atoms with Crippen LogP contribution in [0.2, 0.25) is 5.02 Å². The van der Waals surface area contributed by atoms with Gasteiger partial charge in [0, 0.05) is 4.88 Å². The highest BCUT2D eigenvalue weighted by Crippen LogP contribution is 2.16. The molecular formula is C21H15ClFN3O2S. The van der Waals surface area contributed by atoms with Crippen LogP contribution in [-0.2, 0) is 4.79 Å². The van der Waals surface area contributed by atoms with Crippen LogP contribution >= 0.6 is 22.9 Å². The zero-order valence-electron chi connectivity index (χ0n) is 14.9. The molecule has 0 radical (unpaired) electrons. The van der Waals surface area contributed by atoms with Crippen molar-refractivity contribution in [2.24, 2.45) is 5.10 Å². The van der Waals surface area contributed by atoms with E-state index in [9.17, 15) is 14.0 Å². The second-order valence-electron chi connectivity index (χ2n) is 5.76. The molecule has 2 amide bonds. The molecule has 2 aromatic carbocycles. The molecule has 0 aliphatic rings. The van der Waals surface area contributed by atoms with Gasteiger partial charge >= 0.3 is 0 Å². The van der Waals surface area contributed by atoms with Gasteiger partial charge < -0.3 is 5.32 Å². The number of thiophene rings is 1. The minimum absolute atomic E-state index is 0.00799. The van der Waals surface area contributed by atoms with Gasteiger partial charge in [0.05, 0.1) is 16.8 Å². The molecule has 0 aliphatic heterocycles. The number of benzene rings is 2. The minimum atomic E-state index is -0.614. The molecule has 0 aliphatic carbocycles. The number of nitrogens with zero attached hydrogens (tertiary/aromatic N) is 1. The number of hydrogen-bond acceptors (Lipinski definition) is 4. The van der Waals surface area contributed by atoms with Crippen LogP contribution in [0.3, 0.4) is 0 Å². The predicted molar refractivity (Wildman–Crippen MR) is 113 cm³/mol. The lowest BCUT2D eigenvalue weighted by molar-refractivity contribution is -0.117. The Morgan fingerprint density at radius 1 is 1.03 bits per heavy atom. The van der Waals surface area contributed by atoms with Crippen molar-refractivity contribution in [3.8, 4) is 0 Å². The predicted octanol–water partition coefficient (Wildman–Crippen LogP) is 4.46. The van der Waals surface area contributed by atoms with Crippen molar-refractivity contribution in [3.63, 3.8) is 0 Å². The van der Waals surface area contributed by atoms with Crippen molar-refractivity contribution in [2.75, 3.05) is 0 Å². The molecule has 5 nitrogen and oxygen atoms in total. The number of carbonyl (C=O) groups is 2. The van der Waals surface area contributed by atoms with Crippen LogP contribution in [0.4, 0.5) is 4.39 Å². The Morgan fingerprint density at radius 3 is 2.48 bits per heavy atom. The van der Waals surface area contributed by atoms with Crippen LogP contribution < -0.4 is 10.7 Å². The Hall–Kier alpha value is -3.29. The SMILES string of the molecule is O=C(NN=Cc1ccc(F)cc1)/C(=C/c1cccs1)NC(=O)c1ccccc1Cl. The van der Waals surface area contributed by atoms with E-state index in [1.54, 1.807) is 36.4 Å². The zero-order valence-corrected chi connectivity index (χ0v) is 16.5. The van der Waals surface area contributed by atoms with E-state index < -0.39 is 11.8 Å². The van der Waals surface area contributed by atoms with E-state index in [2.05, 4.69) is 15.8 Å². The van der Waals surface area contributed by atoms with Gasteiger partial charge in [0.2, 0.25) is 0 Å². The highest BCUT2D eigenvalue weighted by Gasteiger charge is 2.16. The van der Waals surface area contributed by atoms with Crippen LogP contribution in [0.1, 0.15) is 20.8 Å². The number of amides is 2. The lowest BCUT2D eigenvalue weighted by Gasteiger charge is -2.09. The highest BCUT2D eigenvalue weighted by molar-refractivity contribution is 7.10. The zero-order chi connectivity index (χ0) is 20.6. The first kappa shape index (κ1) is 20.4. The molecule has 0 atom stereocenters. The molecule has 2 N–H and O–H groups in total. The van der Waals surface area contributed by atoms with Crippen LogP contribution in [0.5, 0.6) is 0 Å². The summed E-state index contributed by atoms with van der Waals surface area (Å²) in [5.41, 5.74) is 3.21. The number of halogens is 2. The fourth-order valence-corrected chi connectivity index (χ4v) is 3.16. The average Bonchev–Trinajstić information content (AvgIpc) is 3.22. The lowest BCUT2D eigenvalue weighted by atomic mass is 10.2. The summed E-state index contributed by atoms with van der Waals surface area (Å²) in [5.74, 6) is -1.50. The second kappa shape index (κ2) is 9.77. The molecule has 3 rings (SSSR count). The van der Waals surface area contributed by atoms with Crippen LogP contribution in [0.15, 0.2) is 76.8 Å². The van der Waals surface area contributed by atoms with E-state index in [0.29, 0.717) is 5.56 Å². The van der Waals surface area contributed by atoms with Gasteiger partial charge in [-0.05, 0) is 47.4 Å². The molecule has 1 aromatic heterocycles. The van der Waals surface area contributed by atoms with Crippen LogP contribution in [0.25, 0.3) is 6.08 Å². The van der Waals surface area contributed by atoms with Crippen molar-refractivity contribution >= 4 is 47.0 Å². The maximum Gasteiger partial charge on any atom is 0.287 e. The number of hydrazone groups is 1. The van der Waals surface area contributed by atoms with Gasteiger partial charge in [0.1, 0.15) is 11.5 Å². The molecule has 0 bridgehead atoms. The second-order valence-corrected chi connectivity index (χ2v) is 7.14. The van der Waals surface area contributed by atoms with E-state index in [1.165, 1.54) is 41.8 Å². The fraction of sp³-hybridized carbons (Fsp3) is 0. The Balaban J connectivity index is 1.76. The van der Waals surface area contributed by atoms with E-state index >= 15 is 0 Å². The van der Waals surface area contributed by atoms with E-state index in [4.69, 9.17) is 11.6 Å². The van der Waals surface area contributed by atoms with Crippen molar-refractivity contribution in [1.82, 2.24) is 10.7 Å². The quantitative estimate of drug-likeness (QED) is 0.346. The summed E-state index contributed by atoms with van der Waals surface area (Å²) in [7, 11) is 0. The summed E-state index contributed by atoms with van der Waals surface area (Å²) < 4.78 is 12.9. The molecule has 0 unspecified atom stereocenters. The van der Waals surface area contributed by atoms with Gasteiger partial charge in [0.15, 0.2) is 0 Å². The topological polar surface area (TPSA) is 70.6 Å². The van der Waals surface area contributed by atoms with Crippen molar-refractivity contribution in [1.29, 1.82) is 0 Å². The van der Waals surface area contributed by atoms with Gasteiger partial charge in [-0.3, -0.25) is 9.59 Å². The molecule has 1 heterocycles. The summed E-state index contributed by atoms with van der Waals surface area (Å²) in [6, 6.07) is 15.8. The molecule has 0 saturated carbocycles. The summed E-state index contributed by atoms with van der Waals surface area (Å²) in [6.45, 7) is 0. The number of carbonyl (C=O) groups excluding carboxylic acids is 2. The van der Waals surface area contributed by atoms with Gasteiger partial charge in [-0.2, -0.15) is 5.10 Å². The lowest BCUT2D eigenvalue weighted by Crippen LogP contribution is -2.32. The van der Waals surface area contributed by atoms with E-state index in [1.807, 2.05) is 11.4 Å². The van der Waals surface area contributed by atoms with Gasteiger partial charge in [-0.1, -0.05) is 41.9 Å². The monoisotopic (exact) mass is 427 g/mol. The third kappa shape index (κ3) is 5.84. The summed E-state index contributed by atoms with van der Waals surface area (Å²) in [5, 5.41) is 8.56. The van der Waals surface area contributed by atoms with Gasteiger partial charge in [-0.15, -0.1) is 11.3 Å². The van der Waals surface area contributed by atoms with Crippen molar-refractivity contribution in [2.45, 2.75) is 0 Å². The van der Waals surface area contributed by atoms with E-state index in [0.717, 1.165) is 4.88 Å².